The fourth-order valence-electron chi connectivity index (χ4n) is 2.96. The summed E-state index contributed by atoms with van der Waals surface area (Å²) in [6.45, 7) is 5.74. The van der Waals surface area contributed by atoms with E-state index in [4.69, 9.17) is 10.5 Å². The van der Waals surface area contributed by atoms with Crippen LogP contribution in [0.25, 0.3) is 0 Å². The first-order chi connectivity index (χ1) is 9.85. The van der Waals surface area contributed by atoms with Gasteiger partial charge >= 0.3 is 0 Å². The van der Waals surface area contributed by atoms with E-state index in [9.17, 15) is 0 Å². The van der Waals surface area contributed by atoms with Gasteiger partial charge in [-0.3, -0.25) is 4.90 Å². The van der Waals surface area contributed by atoms with E-state index in [1.807, 2.05) is 6.07 Å². The summed E-state index contributed by atoms with van der Waals surface area (Å²) in [4.78, 5) is 13.3. The smallest absolute Gasteiger partial charge is 0.225 e. The first kappa shape index (κ1) is 13.7. The molecule has 0 bridgehead atoms. The van der Waals surface area contributed by atoms with E-state index >= 15 is 0 Å². The molecule has 2 unspecified atom stereocenters. The van der Waals surface area contributed by atoms with E-state index in [1.54, 1.807) is 12.4 Å². The van der Waals surface area contributed by atoms with Crippen LogP contribution in [-0.4, -0.2) is 66.3 Å². The Morgan fingerprint density at radius 1 is 1.10 bits per heavy atom. The highest BCUT2D eigenvalue weighted by atomic mass is 16.5. The third-order valence-corrected chi connectivity index (χ3v) is 4.13. The first-order valence-electron chi connectivity index (χ1n) is 7.45. The molecular formula is C14H23N5O. The van der Waals surface area contributed by atoms with Gasteiger partial charge in [0.2, 0.25) is 5.95 Å². The summed E-state index contributed by atoms with van der Waals surface area (Å²) in [7, 11) is 0. The van der Waals surface area contributed by atoms with Crippen molar-refractivity contribution in [3.8, 4) is 0 Å². The minimum atomic E-state index is 0.277. The van der Waals surface area contributed by atoms with Crippen LogP contribution in [0.1, 0.15) is 12.8 Å². The Kier molecular flexibility index (Phi) is 4.44. The average Bonchev–Trinajstić information content (AvgIpc) is 2.97. The van der Waals surface area contributed by atoms with Crippen LogP contribution in [0.5, 0.6) is 0 Å². The second-order valence-corrected chi connectivity index (χ2v) is 5.53. The minimum Gasteiger partial charge on any atom is -0.372 e. The zero-order valence-corrected chi connectivity index (χ0v) is 11.8. The van der Waals surface area contributed by atoms with Crippen molar-refractivity contribution in [3.05, 3.63) is 18.5 Å². The third kappa shape index (κ3) is 3.26. The Morgan fingerprint density at radius 2 is 1.80 bits per heavy atom. The molecule has 0 amide bonds. The van der Waals surface area contributed by atoms with E-state index < -0.39 is 0 Å². The number of hydrogen-bond acceptors (Lipinski definition) is 6. The molecule has 0 aliphatic carbocycles. The molecule has 0 saturated carbocycles. The van der Waals surface area contributed by atoms with Crippen LogP contribution in [0, 0.1) is 0 Å². The van der Waals surface area contributed by atoms with Gasteiger partial charge in [0.15, 0.2) is 0 Å². The van der Waals surface area contributed by atoms with Gasteiger partial charge in [-0.05, 0) is 18.9 Å². The van der Waals surface area contributed by atoms with Crippen molar-refractivity contribution in [3.63, 3.8) is 0 Å². The maximum absolute atomic E-state index is 5.92. The first-order valence-corrected chi connectivity index (χ1v) is 7.45. The van der Waals surface area contributed by atoms with Crippen molar-refractivity contribution in [2.45, 2.75) is 25.0 Å². The highest BCUT2D eigenvalue weighted by Crippen LogP contribution is 2.20. The van der Waals surface area contributed by atoms with E-state index in [2.05, 4.69) is 19.8 Å². The Hall–Kier alpha value is -1.24. The molecule has 2 fully saturated rings. The topological polar surface area (TPSA) is 67.5 Å². The lowest BCUT2D eigenvalue weighted by molar-refractivity contribution is 0.0260. The molecule has 2 saturated heterocycles. The molecule has 3 heterocycles. The Morgan fingerprint density at radius 3 is 2.45 bits per heavy atom. The van der Waals surface area contributed by atoms with Gasteiger partial charge in [0, 0.05) is 51.7 Å². The van der Waals surface area contributed by atoms with Crippen LogP contribution in [0.15, 0.2) is 18.5 Å². The van der Waals surface area contributed by atoms with Gasteiger partial charge in [0.25, 0.3) is 0 Å². The van der Waals surface area contributed by atoms with E-state index in [1.165, 1.54) is 0 Å². The fourth-order valence-corrected chi connectivity index (χ4v) is 2.96. The summed E-state index contributed by atoms with van der Waals surface area (Å²) in [5.41, 5.74) is 5.65. The molecule has 2 N–H and O–H groups in total. The highest BCUT2D eigenvalue weighted by Gasteiger charge is 2.27. The Labute approximate surface area is 119 Å². The molecule has 1 aromatic heterocycles. The van der Waals surface area contributed by atoms with Crippen LogP contribution in [0.3, 0.4) is 0 Å². The van der Waals surface area contributed by atoms with Crippen molar-refractivity contribution in [2.75, 3.05) is 44.2 Å². The summed E-state index contributed by atoms with van der Waals surface area (Å²) in [6.07, 6.45) is 6.49. The SMILES string of the molecule is NCC1CCC(CN2CCN(c3ncccn3)CC2)O1. The van der Waals surface area contributed by atoms with Crippen molar-refractivity contribution in [1.29, 1.82) is 0 Å². The maximum Gasteiger partial charge on any atom is 0.225 e. The molecule has 2 aliphatic rings. The third-order valence-electron chi connectivity index (χ3n) is 4.13. The summed E-state index contributed by atoms with van der Waals surface area (Å²) in [5.74, 6) is 0.840. The lowest BCUT2D eigenvalue weighted by Crippen LogP contribution is -2.49. The van der Waals surface area contributed by atoms with Crippen molar-refractivity contribution < 1.29 is 4.74 Å². The molecule has 20 heavy (non-hydrogen) atoms. The van der Waals surface area contributed by atoms with Gasteiger partial charge in [0.1, 0.15) is 0 Å². The number of piperazine rings is 1. The number of rotatable bonds is 4. The van der Waals surface area contributed by atoms with Gasteiger partial charge in [0.05, 0.1) is 12.2 Å². The van der Waals surface area contributed by atoms with Gasteiger partial charge in [-0.15, -0.1) is 0 Å². The molecule has 110 valence electrons. The summed E-state index contributed by atoms with van der Waals surface area (Å²) in [5, 5.41) is 0. The van der Waals surface area contributed by atoms with Gasteiger partial charge < -0.3 is 15.4 Å². The van der Waals surface area contributed by atoms with E-state index in [0.717, 1.165) is 51.5 Å². The molecule has 3 rings (SSSR count). The number of nitrogens with two attached hydrogens (primary N) is 1. The number of hydrogen-bond donors (Lipinski definition) is 1. The number of anilines is 1. The molecular weight excluding hydrogens is 254 g/mol. The zero-order valence-electron chi connectivity index (χ0n) is 11.8. The van der Waals surface area contributed by atoms with E-state index in [0.29, 0.717) is 12.6 Å². The van der Waals surface area contributed by atoms with Crippen LogP contribution in [0.2, 0.25) is 0 Å². The summed E-state index contributed by atoms with van der Waals surface area (Å²) in [6, 6.07) is 1.85. The van der Waals surface area contributed by atoms with E-state index in [-0.39, 0.29) is 6.10 Å². The molecule has 0 radical (unpaired) electrons. The quantitative estimate of drug-likeness (QED) is 0.842. The molecule has 2 aliphatic heterocycles. The molecule has 0 aromatic carbocycles. The van der Waals surface area contributed by atoms with Crippen molar-refractivity contribution in [1.82, 2.24) is 14.9 Å². The molecule has 6 nitrogen and oxygen atoms in total. The lowest BCUT2D eigenvalue weighted by atomic mass is 10.2. The van der Waals surface area contributed by atoms with Gasteiger partial charge in [-0.25, -0.2) is 9.97 Å². The normalized spacial score (nSPS) is 27.9. The van der Waals surface area contributed by atoms with Crippen LogP contribution in [0.4, 0.5) is 5.95 Å². The average molecular weight is 277 g/mol. The van der Waals surface area contributed by atoms with Crippen LogP contribution >= 0.6 is 0 Å². The van der Waals surface area contributed by atoms with Crippen molar-refractivity contribution in [2.24, 2.45) is 5.73 Å². The molecule has 2 atom stereocenters. The van der Waals surface area contributed by atoms with Gasteiger partial charge in [-0.2, -0.15) is 0 Å². The molecule has 0 spiro atoms. The monoisotopic (exact) mass is 277 g/mol. The minimum absolute atomic E-state index is 0.277. The Balaban J connectivity index is 1.45. The predicted octanol–water partition coefficient (Wildman–Crippen LogP) is 0.105. The molecule has 6 heteroatoms. The summed E-state index contributed by atoms with van der Waals surface area (Å²) < 4.78 is 5.92. The second kappa shape index (κ2) is 6.47. The number of ether oxygens (including phenoxy) is 1. The Bertz CT molecular complexity index is 407. The predicted molar refractivity (Wildman–Crippen MR) is 77.6 cm³/mol. The standard InChI is InChI=1S/C14H23N5O/c15-10-12-2-3-13(20-12)11-18-6-8-19(9-7-18)14-16-4-1-5-17-14/h1,4-5,12-13H,2-3,6-11,15H2. The zero-order chi connectivity index (χ0) is 13.8. The lowest BCUT2D eigenvalue weighted by Gasteiger charge is -2.35. The molecule has 1 aromatic rings. The van der Waals surface area contributed by atoms with Crippen LogP contribution in [-0.2, 0) is 4.74 Å². The second-order valence-electron chi connectivity index (χ2n) is 5.53. The van der Waals surface area contributed by atoms with Crippen LogP contribution < -0.4 is 10.6 Å². The number of aromatic nitrogens is 2. The largest absolute Gasteiger partial charge is 0.372 e. The fraction of sp³-hybridized carbons (Fsp3) is 0.714. The highest BCUT2D eigenvalue weighted by molar-refractivity contribution is 5.29. The summed E-state index contributed by atoms with van der Waals surface area (Å²) >= 11 is 0. The van der Waals surface area contributed by atoms with Crippen molar-refractivity contribution >= 4 is 5.95 Å². The number of nitrogens with zero attached hydrogens (tertiary/aromatic N) is 4. The maximum atomic E-state index is 5.92. The van der Waals surface area contributed by atoms with Gasteiger partial charge in [-0.1, -0.05) is 0 Å².